The predicted octanol–water partition coefficient (Wildman–Crippen LogP) is 1.23. The maximum atomic E-state index is 11.7. The third-order valence-electron chi connectivity index (χ3n) is 2.76. The van der Waals surface area contributed by atoms with Crippen LogP contribution in [0, 0.1) is 0 Å². The largest absolute Gasteiger partial charge is 0.330 e. The number of hydrogen-bond donors (Lipinski definition) is 2. The van der Waals surface area contributed by atoms with Crippen molar-refractivity contribution in [3.63, 3.8) is 0 Å². The topological polar surface area (TPSA) is 77.1 Å². The molecule has 0 fully saturated rings. The van der Waals surface area contributed by atoms with Gasteiger partial charge in [-0.2, -0.15) is 0 Å². The zero-order chi connectivity index (χ0) is 13.4. The Morgan fingerprint density at radius 1 is 1.33 bits per heavy atom. The van der Waals surface area contributed by atoms with E-state index in [1.54, 1.807) is 25.4 Å². The molecule has 0 radical (unpaired) electrons. The van der Waals surface area contributed by atoms with Crippen molar-refractivity contribution in [1.29, 1.82) is 0 Å². The fourth-order valence-electron chi connectivity index (χ4n) is 1.69. The average molecular weight is 251 g/mol. The van der Waals surface area contributed by atoms with Crippen molar-refractivity contribution in [3.05, 3.63) is 28.7 Å². The minimum Gasteiger partial charge on any atom is -0.330 e. The Balaban J connectivity index is 2.36. The van der Waals surface area contributed by atoms with E-state index in [0.717, 1.165) is 25.7 Å². The third kappa shape index (κ3) is 4.71. The number of nitrogens with zero attached hydrogens (tertiary/aromatic N) is 1. The summed E-state index contributed by atoms with van der Waals surface area (Å²) in [4.78, 5) is 23.3. The second-order valence-electron chi connectivity index (χ2n) is 4.34. The number of nitrogens with two attached hydrogens (primary N) is 1. The minimum atomic E-state index is -0.186. The first-order valence-electron chi connectivity index (χ1n) is 6.30. The maximum Gasteiger partial charge on any atom is 0.274 e. The van der Waals surface area contributed by atoms with Crippen LogP contribution in [0.5, 0.6) is 0 Å². The predicted molar refractivity (Wildman–Crippen MR) is 72.5 cm³/mol. The summed E-state index contributed by atoms with van der Waals surface area (Å²) >= 11 is 0. The molecule has 1 heterocycles. The van der Waals surface area contributed by atoms with E-state index in [0.29, 0.717) is 18.7 Å². The number of carbonyl (C=O) groups excluding carboxylic acids is 1. The van der Waals surface area contributed by atoms with E-state index >= 15 is 0 Å². The smallest absolute Gasteiger partial charge is 0.274 e. The normalized spacial score (nSPS) is 10.3. The molecule has 1 amide bonds. The van der Waals surface area contributed by atoms with Gasteiger partial charge in [0.1, 0.15) is 5.69 Å². The van der Waals surface area contributed by atoms with E-state index in [2.05, 4.69) is 5.32 Å². The molecule has 1 rings (SSSR count). The highest BCUT2D eigenvalue weighted by atomic mass is 16.2. The molecule has 1 aromatic rings. The van der Waals surface area contributed by atoms with Gasteiger partial charge in [-0.05, 0) is 31.5 Å². The number of aromatic nitrogens is 1. The lowest BCUT2D eigenvalue weighted by atomic mass is 10.1. The Hall–Kier alpha value is -1.62. The van der Waals surface area contributed by atoms with Crippen LogP contribution < -0.4 is 16.6 Å². The van der Waals surface area contributed by atoms with E-state index in [1.165, 1.54) is 4.57 Å². The standard InChI is InChI=1S/C13H21N3O2/c1-16-10-6-7-11(13(16)18)15-12(17)8-4-2-3-5-9-14/h6-7,10H,2-5,8-9,14H2,1H3,(H,15,17). The van der Waals surface area contributed by atoms with Crippen LogP contribution in [-0.2, 0) is 11.8 Å². The van der Waals surface area contributed by atoms with E-state index < -0.39 is 0 Å². The van der Waals surface area contributed by atoms with Gasteiger partial charge >= 0.3 is 0 Å². The maximum absolute atomic E-state index is 11.7. The molecule has 0 aliphatic rings. The molecule has 3 N–H and O–H groups in total. The molecule has 5 heteroatoms. The highest BCUT2D eigenvalue weighted by Crippen LogP contribution is 2.04. The summed E-state index contributed by atoms with van der Waals surface area (Å²) in [5, 5.41) is 2.64. The van der Waals surface area contributed by atoms with E-state index in [1.807, 2.05) is 0 Å². The number of hydrogen-bond acceptors (Lipinski definition) is 3. The van der Waals surface area contributed by atoms with Crippen molar-refractivity contribution in [1.82, 2.24) is 4.57 Å². The van der Waals surface area contributed by atoms with Crippen molar-refractivity contribution in [2.45, 2.75) is 32.1 Å². The summed E-state index contributed by atoms with van der Waals surface area (Å²) in [5.74, 6) is -0.106. The first kappa shape index (κ1) is 14.4. The third-order valence-corrected chi connectivity index (χ3v) is 2.76. The van der Waals surface area contributed by atoms with Gasteiger partial charge in [-0.1, -0.05) is 12.8 Å². The van der Waals surface area contributed by atoms with Crippen LogP contribution in [0.15, 0.2) is 23.1 Å². The first-order chi connectivity index (χ1) is 8.65. The van der Waals surface area contributed by atoms with Gasteiger partial charge in [-0.3, -0.25) is 9.59 Å². The molecule has 0 aliphatic carbocycles. The number of pyridine rings is 1. The Bertz CT molecular complexity index is 440. The van der Waals surface area contributed by atoms with Crippen LogP contribution in [0.3, 0.4) is 0 Å². The van der Waals surface area contributed by atoms with Crippen molar-refractivity contribution < 1.29 is 4.79 Å². The number of amides is 1. The zero-order valence-corrected chi connectivity index (χ0v) is 10.8. The lowest BCUT2D eigenvalue weighted by molar-refractivity contribution is -0.116. The molecular weight excluding hydrogens is 230 g/mol. The fraction of sp³-hybridized carbons (Fsp3) is 0.538. The average Bonchev–Trinajstić information content (AvgIpc) is 2.35. The van der Waals surface area contributed by atoms with Crippen LogP contribution in [0.25, 0.3) is 0 Å². The van der Waals surface area contributed by atoms with Gasteiger partial charge in [-0.15, -0.1) is 0 Å². The minimum absolute atomic E-state index is 0.106. The van der Waals surface area contributed by atoms with E-state index in [9.17, 15) is 9.59 Å². The van der Waals surface area contributed by atoms with Crippen molar-refractivity contribution in [2.24, 2.45) is 12.8 Å². The van der Waals surface area contributed by atoms with Gasteiger partial charge in [-0.25, -0.2) is 0 Å². The monoisotopic (exact) mass is 251 g/mol. The van der Waals surface area contributed by atoms with Crippen LogP contribution in [0.1, 0.15) is 32.1 Å². The van der Waals surface area contributed by atoms with E-state index in [4.69, 9.17) is 5.73 Å². The van der Waals surface area contributed by atoms with Crippen molar-refractivity contribution in [3.8, 4) is 0 Å². The molecule has 0 aliphatic heterocycles. The number of rotatable bonds is 7. The molecule has 0 unspecified atom stereocenters. The molecule has 0 saturated carbocycles. The van der Waals surface area contributed by atoms with E-state index in [-0.39, 0.29) is 11.5 Å². The molecule has 1 aromatic heterocycles. The summed E-state index contributed by atoms with van der Waals surface area (Å²) in [7, 11) is 1.66. The Kier molecular flexibility index (Phi) is 6.14. The van der Waals surface area contributed by atoms with Crippen molar-refractivity contribution >= 4 is 11.6 Å². The molecular formula is C13H21N3O2. The Morgan fingerprint density at radius 3 is 2.78 bits per heavy atom. The van der Waals surface area contributed by atoms with Gasteiger partial charge in [0.05, 0.1) is 0 Å². The number of nitrogens with one attached hydrogen (secondary N) is 1. The lowest BCUT2D eigenvalue weighted by Crippen LogP contribution is -2.23. The molecule has 0 bridgehead atoms. The highest BCUT2D eigenvalue weighted by molar-refractivity contribution is 5.90. The van der Waals surface area contributed by atoms with Crippen LogP contribution in [0.4, 0.5) is 5.69 Å². The van der Waals surface area contributed by atoms with Crippen molar-refractivity contribution in [2.75, 3.05) is 11.9 Å². The van der Waals surface area contributed by atoms with Crippen LogP contribution in [0.2, 0.25) is 0 Å². The zero-order valence-electron chi connectivity index (χ0n) is 10.8. The van der Waals surface area contributed by atoms with Gasteiger partial charge in [0.2, 0.25) is 5.91 Å². The molecule has 0 atom stereocenters. The van der Waals surface area contributed by atoms with Gasteiger partial charge < -0.3 is 15.6 Å². The highest BCUT2D eigenvalue weighted by Gasteiger charge is 2.05. The summed E-state index contributed by atoms with van der Waals surface area (Å²) in [6.45, 7) is 0.701. The molecule has 5 nitrogen and oxygen atoms in total. The number of carbonyl (C=O) groups is 1. The lowest BCUT2D eigenvalue weighted by Gasteiger charge is -2.05. The molecule has 0 saturated heterocycles. The second kappa shape index (κ2) is 7.66. The Morgan fingerprint density at radius 2 is 2.06 bits per heavy atom. The number of aryl methyl sites for hydroxylation is 1. The second-order valence-corrected chi connectivity index (χ2v) is 4.34. The molecule has 0 aromatic carbocycles. The quantitative estimate of drug-likeness (QED) is 0.716. The molecule has 100 valence electrons. The van der Waals surface area contributed by atoms with Gasteiger partial charge in [0, 0.05) is 19.7 Å². The number of unbranched alkanes of at least 4 members (excludes halogenated alkanes) is 3. The van der Waals surface area contributed by atoms with Crippen LogP contribution in [-0.4, -0.2) is 17.0 Å². The molecule has 0 spiro atoms. The fourth-order valence-corrected chi connectivity index (χ4v) is 1.69. The Labute approximate surface area is 107 Å². The summed E-state index contributed by atoms with van der Waals surface area (Å²) in [6.07, 6.45) is 5.99. The first-order valence-corrected chi connectivity index (χ1v) is 6.30. The van der Waals surface area contributed by atoms with Gasteiger partial charge in [0.25, 0.3) is 5.56 Å². The van der Waals surface area contributed by atoms with Gasteiger partial charge in [0.15, 0.2) is 0 Å². The SMILES string of the molecule is Cn1cccc(NC(=O)CCCCCCN)c1=O. The summed E-state index contributed by atoms with van der Waals surface area (Å²) < 4.78 is 1.44. The molecule has 18 heavy (non-hydrogen) atoms. The number of anilines is 1. The summed E-state index contributed by atoms with van der Waals surface area (Å²) in [6, 6.07) is 3.35. The van der Waals surface area contributed by atoms with Crippen LogP contribution >= 0.6 is 0 Å². The summed E-state index contributed by atoms with van der Waals surface area (Å²) in [5.41, 5.74) is 5.54.